The average molecular weight is 380 g/mol. The van der Waals surface area contributed by atoms with Gasteiger partial charge in [0.05, 0.1) is 31.0 Å². The van der Waals surface area contributed by atoms with Crippen molar-refractivity contribution in [2.75, 3.05) is 11.9 Å². The second-order valence-electron chi connectivity index (χ2n) is 6.10. The van der Waals surface area contributed by atoms with Gasteiger partial charge < -0.3 is 15.5 Å². The van der Waals surface area contributed by atoms with Crippen molar-refractivity contribution < 1.29 is 15.0 Å². The van der Waals surface area contributed by atoms with Gasteiger partial charge in [-0.05, 0) is 36.8 Å². The van der Waals surface area contributed by atoms with Crippen LogP contribution in [0.4, 0.5) is 11.4 Å². The van der Waals surface area contributed by atoms with Gasteiger partial charge in [-0.25, -0.2) is 4.68 Å². The number of carbonyl (C=O) groups is 1. The van der Waals surface area contributed by atoms with E-state index >= 15 is 0 Å². The maximum atomic E-state index is 12.9. The first-order chi connectivity index (χ1) is 13.5. The number of nitrogens with one attached hydrogen (secondary N) is 1. The molecule has 0 amide bonds. The van der Waals surface area contributed by atoms with Crippen molar-refractivity contribution in [1.82, 2.24) is 14.8 Å². The third-order valence-corrected chi connectivity index (χ3v) is 4.13. The van der Waals surface area contributed by atoms with E-state index in [4.69, 9.17) is 0 Å². The lowest BCUT2D eigenvalue weighted by Gasteiger charge is -2.16. The summed E-state index contributed by atoms with van der Waals surface area (Å²) in [7, 11) is 0. The Morgan fingerprint density at radius 2 is 1.89 bits per heavy atom. The maximum absolute atomic E-state index is 12.9. The van der Waals surface area contributed by atoms with Crippen molar-refractivity contribution in [1.29, 1.82) is 0 Å². The number of aliphatic hydroxyl groups is 2. The normalized spacial score (nSPS) is 10.7. The Morgan fingerprint density at radius 3 is 2.46 bits per heavy atom. The Kier molecular flexibility index (Phi) is 5.93. The summed E-state index contributed by atoms with van der Waals surface area (Å²) in [4.78, 5) is 29.6. The zero-order valence-corrected chi connectivity index (χ0v) is 15.3. The number of benzene rings is 1. The number of pyridine rings is 1. The van der Waals surface area contributed by atoms with Gasteiger partial charge in [-0.3, -0.25) is 14.6 Å². The Bertz CT molecular complexity index is 1030. The Labute approximate surface area is 161 Å². The minimum atomic E-state index is -0.523. The highest BCUT2D eigenvalue weighted by Gasteiger charge is 2.22. The summed E-state index contributed by atoms with van der Waals surface area (Å²) < 4.78 is 1.11. The van der Waals surface area contributed by atoms with Crippen LogP contribution in [0.5, 0.6) is 0 Å². The van der Waals surface area contributed by atoms with Crippen LogP contribution in [0.1, 0.15) is 22.8 Å². The van der Waals surface area contributed by atoms with Crippen LogP contribution in [0.15, 0.2) is 53.5 Å². The molecule has 0 saturated carbocycles. The molecule has 0 saturated heterocycles. The van der Waals surface area contributed by atoms with E-state index < -0.39 is 5.56 Å². The highest BCUT2D eigenvalue weighted by Crippen LogP contribution is 2.26. The van der Waals surface area contributed by atoms with Gasteiger partial charge in [0.1, 0.15) is 11.4 Å². The van der Waals surface area contributed by atoms with Crippen LogP contribution in [0.25, 0.3) is 11.4 Å². The molecule has 0 spiro atoms. The molecule has 2 aromatic heterocycles. The van der Waals surface area contributed by atoms with Crippen molar-refractivity contribution in [2.45, 2.75) is 20.1 Å². The molecule has 3 N–H and O–H groups in total. The predicted molar refractivity (Wildman–Crippen MR) is 104 cm³/mol. The number of aromatic nitrogens is 3. The molecule has 3 rings (SSSR count). The summed E-state index contributed by atoms with van der Waals surface area (Å²) in [6.45, 7) is 0.967. The first-order valence-corrected chi connectivity index (χ1v) is 8.70. The first kappa shape index (κ1) is 19.4. The highest BCUT2D eigenvalue weighted by molar-refractivity contribution is 6.05. The molecule has 8 nitrogen and oxygen atoms in total. The number of aliphatic hydroxyl groups excluding tert-OH is 2. The molecule has 0 radical (unpaired) electrons. The smallest absolute Gasteiger partial charge is 0.291 e. The quantitative estimate of drug-likeness (QED) is 0.534. The van der Waals surface area contributed by atoms with E-state index in [2.05, 4.69) is 15.4 Å². The van der Waals surface area contributed by atoms with Gasteiger partial charge in [0, 0.05) is 11.9 Å². The molecule has 1 aromatic carbocycles. The Morgan fingerprint density at radius 1 is 1.14 bits per heavy atom. The number of rotatable bonds is 7. The third kappa shape index (κ3) is 3.98. The SMILES string of the molecule is CC(=O)c1c(-c2ccccn2)nn(CCO)c(=O)c1Nc1ccc(CO)cc1. The summed E-state index contributed by atoms with van der Waals surface area (Å²) in [5.41, 5.74) is 1.67. The summed E-state index contributed by atoms with van der Waals surface area (Å²) in [6, 6.07) is 12.0. The minimum absolute atomic E-state index is 0.0189. The molecule has 144 valence electrons. The molecular formula is C20H20N4O4. The number of ketones is 1. The number of nitrogens with zero attached hydrogens (tertiary/aromatic N) is 3. The molecule has 28 heavy (non-hydrogen) atoms. The molecule has 2 heterocycles. The van der Waals surface area contributed by atoms with Crippen molar-refractivity contribution in [3.05, 3.63) is 70.1 Å². The van der Waals surface area contributed by atoms with Gasteiger partial charge in [0.15, 0.2) is 5.78 Å². The van der Waals surface area contributed by atoms with E-state index in [1.165, 1.54) is 6.92 Å². The lowest BCUT2D eigenvalue weighted by atomic mass is 10.1. The van der Waals surface area contributed by atoms with E-state index in [-0.39, 0.29) is 42.5 Å². The van der Waals surface area contributed by atoms with Gasteiger partial charge in [-0.2, -0.15) is 5.10 Å². The molecule has 0 aliphatic carbocycles. The molecule has 0 unspecified atom stereocenters. The fourth-order valence-corrected chi connectivity index (χ4v) is 2.80. The number of hydrogen-bond acceptors (Lipinski definition) is 7. The second kappa shape index (κ2) is 8.55. The van der Waals surface area contributed by atoms with Gasteiger partial charge in [-0.15, -0.1) is 0 Å². The lowest BCUT2D eigenvalue weighted by Crippen LogP contribution is -2.29. The van der Waals surface area contributed by atoms with E-state index in [0.29, 0.717) is 11.4 Å². The zero-order valence-electron chi connectivity index (χ0n) is 15.3. The van der Waals surface area contributed by atoms with Crippen LogP contribution in [0.2, 0.25) is 0 Å². The van der Waals surface area contributed by atoms with Crippen molar-refractivity contribution in [3.8, 4) is 11.4 Å². The third-order valence-electron chi connectivity index (χ3n) is 4.13. The number of anilines is 2. The van der Waals surface area contributed by atoms with Crippen LogP contribution in [-0.4, -0.2) is 37.4 Å². The predicted octanol–water partition coefficient (Wildman–Crippen LogP) is 1.74. The van der Waals surface area contributed by atoms with Crippen molar-refractivity contribution >= 4 is 17.2 Å². The summed E-state index contributed by atoms with van der Waals surface area (Å²) in [5, 5.41) is 25.7. The molecule has 0 fully saturated rings. The average Bonchev–Trinajstić information content (AvgIpc) is 2.71. The van der Waals surface area contributed by atoms with Crippen molar-refractivity contribution in [2.24, 2.45) is 0 Å². The number of hydrogen-bond donors (Lipinski definition) is 3. The fraction of sp³-hybridized carbons (Fsp3) is 0.200. The molecule has 0 aliphatic heterocycles. The molecule has 3 aromatic rings. The largest absolute Gasteiger partial charge is 0.394 e. The van der Waals surface area contributed by atoms with Gasteiger partial charge in [0.25, 0.3) is 5.56 Å². The Hall–Kier alpha value is -3.36. The fourth-order valence-electron chi connectivity index (χ4n) is 2.80. The van der Waals surface area contributed by atoms with E-state index in [9.17, 15) is 19.8 Å². The maximum Gasteiger partial charge on any atom is 0.291 e. The highest BCUT2D eigenvalue weighted by atomic mass is 16.3. The molecule has 8 heteroatoms. The monoisotopic (exact) mass is 380 g/mol. The van der Waals surface area contributed by atoms with Crippen LogP contribution in [0, 0.1) is 0 Å². The second-order valence-corrected chi connectivity index (χ2v) is 6.10. The van der Waals surface area contributed by atoms with Crippen molar-refractivity contribution in [3.63, 3.8) is 0 Å². The lowest BCUT2D eigenvalue weighted by molar-refractivity contribution is 0.101. The van der Waals surface area contributed by atoms with E-state index in [0.717, 1.165) is 10.2 Å². The van der Waals surface area contributed by atoms with Gasteiger partial charge in [-0.1, -0.05) is 18.2 Å². The topological polar surface area (TPSA) is 117 Å². The number of carbonyl (C=O) groups excluding carboxylic acids is 1. The van der Waals surface area contributed by atoms with Crippen LogP contribution in [0.3, 0.4) is 0 Å². The standard InChI is InChI=1S/C20H20N4O4/c1-13(27)17-18(16-4-2-3-9-21-16)23-24(10-11-25)20(28)19(17)22-15-7-5-14(12-26)6-8-15/h2-9,22,25-26H,10-12H2,1H3. The summed E-state index contributed by atoms with van der Waals surface area (Å²) in [5.74, 6) is -0.337. The van der Waals surface area contributed by atoms with E-state index in [1.807, 2.05) is 0 Å². The minimum Gasteiger partial charge on any atom is -0.394 e. The molecule has 0 atom stereocenters. The molecular weight excluding hydrogens is 360 g/mol. The van der Waals surface area contributed by atoms with E-state index in [1.54, 1.807) is 48.7 Å². The van der Waals surface area contributed by atoms with Crippen LogP contribution in [-0.2, 0) is 13.2 Å². The van der Waals surface area contributed by atoms with Crippen LogP contribution >= 0.6 is 0 Å². The summed E-state index contributed by atoms with van der Waals surface area (Å²) >= 11 is 0. The zero-order chi connectivity index (χ0) is 20.1. The molecule has 0 bridgehead atoms. The van der Waals surface area contributed by atoms with Crippen LogP contribution < -0.4 is 10.9 Å². The van der Waals surface area contributed by atoms with Gasteiger partial charge >= 0.3 is 0 Å². The molecule has 0 aliphatic rings. The van der Waals surface area contributed by atoms with Gasteiger partial charge in [0.2, 0.25) is 0 Å². The first-order valence-electron chi connectivity index (χ1n) is 8.70. The number of Topliss-reactive ketones (excluding diaryl/α,β-unsaturated/α-hetero) is 1. The summed E-state index contributed by atoms with van der Waals surface area (Å²) in [6.07, 6.45) is 1.57. The Balaban J connectivity index is 2.21.